The third-order valence-corrected chi connectivity index (χ3v) is 1.44. The van der Waals surface area contributed by atoms with Crippen molar-refractivity contribution in [3.63, 3.8) is 0 Å². The Morgan fingerprint density at radius 1 is 0.750 bits per heavy atom. The van der Waals surface area contributed by atoms with Crippen LogP contribution in [0.4, 0.5) is 14.1 Å². The average Bonchev–Trinajstić information content (AvgIpc) is 1.63. The van der Waals surface area contributed by atoms with Gasteiger partial charge < -0.3 is 0 Å². The first kappa shape index (κ1) is 22.8. The van der Waals surface area contributed by atoms with Gasteiger partial charge in [0.2, 0.25) is 0 Å². The summed E-state index contributed by atoms with van der Waals surface area (Å²) in [6, 6.07) is 0. The van der Waals surface area contributed by atoms with Crippen molar-refractivity contribution in [2.45, 2.75) is 0 Å². The van der Waals surface area contributed by atoms with E-state index in [1.165, 1.54) is 24.5 Å². The summed E-state index contributed by atoms with van der Waals surface area (Å²) in [7, 11) is 7.73. The van der Waals surface area contributed by atoms with E-state index in [9.17, 15) is 0 Å². The van der Waals surface area contributed by atoms with Gasteiger partial charge in [-0.3, -0.25) is 14.1 Å². The molecule has 0 N–H and O–H groups in total. The molecule has 0 radical (unpaired) electrons. The van der Waals surface area contributed by atoms with E-state index in [0.717, 1.165) is 0 Å². The number of hydrogen-bond donors (Lipinski definition) is 0. The molecule has 0 aromatic rings. The Balaban J connectivity index is -0.000000107. The van der Waals surface area contributed by atoms with Crippen molar-refractivity contribution < 1.29 is 17.7 Å². The van der Waals surface area contributed by atoms with Crippen molar-refractivity contribution >= 4 is 24.5 Å². The third-order valence-electron chi connectivity index (χ3n) is 0.359. The molecule has 0 saturated carbocycles. The van der Waals surface area contributed by atoms with Gasteiger partial charge in [0.1, 0.15) is 0 Å². The molecule has 0 unspecified atom stereocenters. The number of rotatable bonds is 4. The highest BCUT2D eigenvalue weighted by Crippen LogP contribution is 2.16. The summed E-state index contributed by atoms with van der Waals surface area (Å²) in [6.45, 7) is 0. The predicted molar refractivity (Wildman–Crippen MR) is 51.2 cm³/mol. The minimum atomic E-state index is 0. The second-order valence-corrected chi connectivity index (χ2v) is 4.14. The van der Waals surface area contributed by atoms with Crippen LogP contribution in [-0.4, -0.2) is 36.8 Å². The molecule has 0 rings (SSSR count). The first-order valence-electron chi connectivity index (χ1n) is 2.49. The predicted octanol–water partition coefficient (Wildman–Crippen LogP) is 1.71. The molecule has 0 spiro atoms. The Hall–Kier alpha value is 0.370. The summed E-state index contributed by atoms with van der Waals surface area (Å²) < 4.78 is 8.81. The van der Waals surface area contributed by atoms with E-state index in [-0.39, 0.29) is 14.1 Å². The van der Waals surface area contributed by atoms with E-state index in [1.54, 1.807) is 0 Å². The van der Waals surface area contributed by atoms with E-state index in [2.05, 4.69) is 0 Å². The Bertz CT molecular complexity index is 71.3. The van der Waals surface area contributed by atoms with Gasteiger partial charge in [-0.05, 0) is 28.2 Å². The van der Waals surface area contributed by atoms with E-state index >= 15 is 0 Å². The zero-order valence-corrected chi connectivity index (χ0v) is 8.98. The molecule has 0 amide bonds. The molecule has 0 fully saturated rings. The minimum Gasteiger partial charge on any atom is -0.269 e. The maximum atomic E-state index is 5.04. The molecule has 0 heterocycles. The lowest BCUT2D eigenvalue weighted by Gasteiger charge is -2.09. The quantitative estimate of drug-likeness (QED) is 0.536. The summed E-state index contributed by atoms with van der Waals surface area (Å²) in [5, 5.41) is 0. The van der Waals surface area contributed by atoms with E-state index in [0.29, 0.717) is 0 Å². The fraction of sp³-hybridized carbons (Fsp3) is 1.00. The Labute approximate surface area is 79.6 Å². The van der Waals surface area contributed by atoms with Crippen LogP contribution in [0.1, 0.15) is 0 Å². The van der Waals surface area contributed by atoms with Crippen LogP contribution in [0.25, 0.3) is 0 Å². The molecule has 0 aliphatic rings. The van der Waals surface area contributed by atoms with E-state index in [1.807, 2.05) is 36.8 Å². The van der Waals surface area contributed by atoms with Gasteiger partial charge >= 0.3 is 0 Å². The molecule has 80 valence electrons. The van der Waals surface area contributed by atoms with E-state index < -0.39 is 0 Å². The molecule has 0 atom stereocenters. The highest BCUT2D eigenvalue weighted by atomic mass is 32.2. The van der Waals surface area contributed by atoms with Crippen molar-refractivity contribution in [2.24, 2.45) is 0 Å². The van der Waals surface area contributed by atoms with Crippen LogP contribution in [0.3, 0.4) is 0 Å². The first-order valence-corrected chi connectivity index (χ1v) is 3.88. The lowest BCUT2D eigenvalue weighted by Crippen LogP contribution is -2.02. The minimum absolute atomic E-state index is 0. The van der Waals surface area contributed by atoms with Crippen LogP contribution in [0, 0.1) is 0 Å². The van der Waals surface area contributed by atoms with Crippen molar-refractivity contribution in [1.29, 1.82) is 0 Å². The molecule has 12 heavy (non-hydrogen) atoms. The van der Waals surface area contributed by atoms with Crippen molar-refractivity contribution in [2.75, 3.05) is 28.2 Å². The molecule has 0 aromatic heterocycles. The van der Waals surface area contributed by atoms with Gasteiger partial charge in [-0.15, -0.1) is 0 Å². The van der Waals surface area contributed by atoms with Gasteiger partial charge in [-0.2, -0.15) is 0 Å². The summed E-state index contributed by atoms with van der Waals surface area (Å²) in [5.74, 6) is 0. The number of nitrogens with zero attached hydrogens (tertiary/aromatic N) is 2. The highest BCUT2D eigenvalue weighted by molar-refractivity contribution is 8.05. The van der Waals surface area contributed by atoms with Crippen LogP contribution in [0.5, 0.6) is 0 Å². The normalized spacial score (nSPS) is 8.50. The largest absolute Gasteiger partial charge is 0.269 e. The van der Waals surface area contributed by atoms with Crippen molar-refractivity contribution in [3.8, 4) is 0 Å². The van der Waals surface area contributed by atoms with Crippen LogP contribution in [0.15, 0.2) is 0 Å². The summed E-state index contributed by atoms with van der Waals surface area (Å²) in [5.41, 5.74) is 0. The number of hydrogen-bond acceptors (Lipinski definition) is 5. The Kier molecular flexibility index (Phi) is 26.5. The summed E-state index contributed by atoms with van der Waals surface area (Å²) >= 11 is 2.63. The maximum Gasteiger partial charge on any atom is 0.0975 e. The van der Waals surface area contributed by atoms with Crippen LogP contribution >= 0.6 is 24.5 Å². The second kappa shape index (κ2) is 13.9. The molecule has 0 aliphatic carbocycles. The molecule has 3 nitrogen and oxygen atoms in total. The molecule has 0 saturated heterocycles. The maximum absolute atomic E-state index is 5.04. The zero-order valence-electron chi connectivity index (χ0n) is 7.34. The molecule has 0 aliphatic heterocycles. The fourth-order valence-corrected chi connectivity index (χ4v) is 1.22. The van der Waals surface area contributed by atoms with Gasteiger partial charge in [0.05, 0.1) is 24.5 Å². The highest BCUT2D eigenvalue weighted by Gasteiger charge is 1.93. The van der Waals surface area contributed by atoms with Crippen molar-refractivity contribution in [3.05, 3.63) is 0 Å². The lowest BCUT2D eigenvalue weighted by atomic mass is 11.3. The standard InChI is InChI=1S/C4H12N2OS2.3FH/c1-5(2)8-7-9-6(3)4;;;/h1-4H3;3*1H. The molecule has 8 heteroatoms. The first-order chi connectivity index (χ1) is 4.13. The monoisotopic (exact) mass is 228 g/mol. The summed E-state index contributed by atoms with van der Waals surface area (Å²) in [4.78, 5) is 0. The summed E-state index contributed by atoms with van der Waals surface area (Å²) in [6.07, 6.45) is 0. The smallest absolute Gasteiger partial charge is 0.0975 e. The molecular formula is C4H15F3N2OS2. The Morgan fingerprint density at radius 2 is 1.00 bits per heavy atom. The lowest BCUT2D eigenvalue weighted by molar-refractivity contribution is 0.585. The van der Waals surface area contributed by atoms with Gasteiger partial charge in [-0.25, -0.2) is 12.2 Å². The van der Waals surface area contributed by atoms with E-state index in [4.69, 9.17) is 3.63 Å². The SMILES string of the molecule is CN(C)SOSN(C)C.F.F.F. The van der Waals surface area contributed by atoms with Crippen LogP contribution < -0.4 is 0 Å². The van der Waals surface area contributed by atoms with Crippen LogP contribution in [-0.2, 0) is 3.63 Å². The van der Waals surface area contributed by atoms with Gasteiger partial charge in [-0.1, -0.05) is 0 Å². The van der Waals surface area contributed by atoms with Gasteiger partial charge in [0, 0.05) is 0 Å². The van der Waals surface area contributed by atoms with Gasteiger partial charge in [0.25, 0.3) is 0 Å². The molecule has 0 aromatic carbocycles. The van der Waals surface area contributed by atoms with Crippen molar-refractivity contribution in [1.82, 2.24) is 8.61 Å². The van der Waals surface area contributed by atoms with Gasteiger partial charge in [0.15, 0.2) is 0 Å². The fourth-order valence-electron chi connectivity index (χ4n) is 0.135. The zero-order chi connectivity index (χ0) is 7.28. The molecular weight excluding hydrogens is 213 g/mol. The number of halogens is 3. The molecule has 0 bridgehead atoms. The topological polar surface area (TPSA) is 15.7 Å². The average molecular weight is 228 g/mol. The third kappa shape index (κ3) is 22.4. The van der Waals surface area contributed by atoms with Crippen LogP contribution in [0.2, 0.25) is 0 Å². The second-order valence-electron chi connectivity index (χ2n) is 1.84. The Morgan fingerprint density at radius 3 is 1.17 bits per heavy atom.